The van der Waals surface area contributed by atoms with Crippen LogP contribution >= 0.6 is 0 Å². The smallest absolute Gasteiger partial charge is 0.407 e. The standard InChI is InChI=1S/C26H40N2O8/c1-3-5-17-33-23(29)21-27-25(31)35-19-15-13-11-9-7-8-10-12-14-16-20-36-26(32)28-22-24(30)34-18-6-4-2/h3-6,11-22H2,1-2H3,(H,27,31)(H,28,32). The summed E-state index contributed by atoms with van der Waals surface area (Å²) < 4.78 is 19.8. The monoisotopic (exact) mass is 508 g/mol. The minimum absolute atomic E-state index is 0.202. The number of carbonyl (C=O) groups is 4. The first-order valence-electron chi connectivity index (χ1n) is 12.6. The molecule has 0 aromatic carbocycles. The summed E-state index contributed by atoms with van der Waals surface area (Å²) in [5.74, 6) is 10.5. The fraction of sp³-hybridized carbons (Fsp3) is 0.692. The SMILES string of the molecule is CCCCOC(=O)CNC(=O)OCCCCC#CC#CCCCCOC(=O)NCC(=O)OCCCC. The van der Waals surface area contributed by atoms with E-state index >= 15 is 0 Å². The molecule has 0 aliphatic rings. The molecule has 36 heavy (non-hydrogen) atoms. The Kier molecular flexibility index (Phi) is 22.4. The summed E-state index contributed by atoms with van der Waals surface area (Å²) in [5.41, 5.74) is 0. The topological polar surface area (TPSA) is 129 Å². The lowest BCUT2D eigenvalue weighted by molar-refractivity contribution is -0.143. The summed E-state index contributed by atoms with van der Waals surface area (Å²) in [4.78, 5) is 45.7. The van der Waals surface area contributed by atoms with Gasteiger partial charge in [0.1, 0.15) is 13.1 Å². The van der Waals surface area contributed by atoms with E-state index in [2.05, 4.69) is 34.3 Å². The predicted octanol–water partition coefficient (Wildman–Crippen LogP) is 3.47. The summed E-state index contributed by atoms with van der Waals surface area (Å²) >= 11 is 0. The fourth-order valence-electron chi connectivity index (χ4n) is 2.33. The lowest BCUT2D eigenvalue weighted by atomic mass is 10.2. The highest BCUT2D eigenvalue weighted by Gasteiger charge is 2.07. The van der Waals surface area contributed by atoms with Crippen LogP contribution in [0.2, 0.25) is 0 Å². The molecule has 0 aromatic heterocycles. The molecular weight excluding hydrogens is 468 g/mol. The van der Waals surface area contributed by atoms with Crippen LogP contribution in [0.25, 0.3) is 0 Å². The van der Waals surface area contributed by atoms with Crippen molar-refractivity contribution in [2.24, 2.45) is 0 Å². The summed E-state index contributed by atoms with van der Waals surface area (Å²) in [6.45, 7) is 4.78. The molecule has 0 heterocycles. The molecule has 0 bridgehead atoms. The Hall–Kier alpha value is -3.40. The van der Waals surface area contributed by atoms with Gasteiger partial charge in [-0.05, 0) is 50.4 Å². The van der Waals surface area contributed by atoms with Crippen LogP contribution in [-0.2, 0) is 28.5 Å². The van der Waals surface area contributed by atoms with Crippen LogP contribution < -0.4 is 10.6 Å². The molecule has 0 saturated heterocycles. The lowest BCUT2D eigenvalue weighted by Crippen LogP contribution is -2.31. The van der Waals surface area contributed by atoms with Gasteiger partial charge < -0.3 is 29.6 Å². The molecule has 10 nitrogen and oxygen atoms in total. The van der Waals surface area contributed by atoms with Crippen LogP contribution in [-0.4, -0.2) is 63.6 Å². The average molecular weight is 509 g/mol. The fourth-order valence-corrected chi connectivity index (χ4v) is 2.33. The number of rotatable bonds is 18. The number of hydrogen-bond donors (Lipinski definition) is 2. The molecule has 0 unspecified atom stereocenters. The van der Waals surface area contributed by atoms with E-state index in [1.54, 1.807) is 0 Å². The molecule has 0 spiro atoms. The summed E-state index contributed by atoms with van der Waals surface area (Å²) in [7, 11) is 0. The van der Waals surface area contributed by atoms with E-state index in [9.17, 15) is 19.2 Å². The number of nitrogens with one attached hydrogen (secondary N) is 2. The molecule has 0 rings (SSSR count). The first-order valence-corrected chi connectivity index (χ1v) is 12.6. The summed E-state index contributed by atoms with van der Waals surface area (Å²) in [6.07, 6.45) is 6.27. The molecular formula is C26H40N2O8. The number of carbonyl (C=O) groups excluding carboxylic acids is 4. The van der Waals surface area contributed by atoms with E-state index in [1.165, 1.54) is 0 Å². The van der Waals surface area contributed by atoms with E-state index < -0.39 is 24.1 Å². The number of alkyl carbamates (subject to hydrolysis) is 2. The Balaban J connectivity index is 3.58. The Morgan fingerprint density at radius 1 is 0.556 bits per heavy atom. The van der Waals surface area contributed by atoms with Crippen LogP contribution in [0.15, 0.2) is 0 Å². The molecule has 0 aliphatic carbocycles. The third kappa shape index (κ3) is 23.7. The highest BCUT2D eigenvalue weighted by molar-refractivity contribution is 5.78. The average Bonchev–Trinajstić information content (AvgIpc) is 2.86. The lowest BCUT2D eigenvalue weighted by Gasteiger charge is -2.06. The third-order valence-corrected chi connectivity index (χ3v) is 4.37. The molecule has 2 N–H and O–H groups in total. The van der Waals surface area contributed by atoms with Gasteiger partial charge in [-0.15, -0.1) is 0 Å². The minimum Gasteiger partial charge on any atom is -0.464 e. The van der Waals surface area contributed by atoms with E-state index in [4.69, 9.17) is 18.9 Å². The Labute approximate surface area is 214 Å². The number of unbranched alkanes of at least 4 members (excludes halogenated alkanes) is 6. The molecule has 0 aromatic rings. The third-order valence-electron chi connectivity index (χ3n) is 4.37. The van der Waals surface area contributed by atoms with Gasteiger partial charge in [0, 0.05) is 12.8 Å². The quantitative estimate of drug-likeness (QED) is 0.125. The molecule has 0 fully saturated rings. The number of hydrogen-bond acceptors (Lipinski definition) is 8. The Bertz CT molecular complexity index is 697. The van der Waals surface area contributed by atoms with E-state index in [0.717, 1.165) is 38.5 Å². The van der Waals surface area contributed by atoms with Gasteiger partial charge in [-0.3, -0.25) is 9.59 Å². The maximum absolute atomic E-state index is 11.5. The van der Waals surface area contributed by atoms with Crippen molar-refractivity contribution in [3.63, 3.8) is 0 Å². The van der Waals surface area contributed by atoms with E-state index in [0.29, 0.717) is 38.9 Å². The van der Waals surface area contributed by atoms with Crippen molar-refractivity contribution in [3.05, 3.63) is 0 Å². The molecule has 0 saturated carbocycles. The first kappa shape index (κ1) is 32.6. The Morgan fingerprint density at radius 2 is 0.944 bits per heavy atom. The van der Waals surface area contributed by atoms with Crippen LogP contribution in [0.4, 0.5) is 9.59 Å². The van der Waals surface area contributed by atoms with Gasteiger partial charge in [-0.1, -0.05) is 38.5 Å². The number of ether oxygens (including phenoxy) is 4. The zero-order chi connectivity index (χ0) is 26.7. The minimum atomic E-state index is -0.645. The van der Waals surface area contributed by atoms with Crippen molar-refractivity contribution in [3.8, 4) is 23.7 Å². The number of esters is 2. The molecule has 0 atom stereocenters. The van der Waals surface area contributed by atoms with Crippen LogP contribution in [0.3, 0.4) is 0 Å². The normalized spacial score (nSPS) is 9.50. The second-order valence-corrected chi connectivity index (χ2v) is 7.64. The second kappa shape index (κ2) is 24.7. The van der Waals surface area contributed by atoms with Crippen molar-refractivity contribution < 1.29 is 38.1 Å². The molecule has 0 aliphatic heterocycles. The maximum atomic E-state index is 11.5. The zero-order valence-electron chi connectivity index (χ0n) is 21.6. The second-order valence-electron chi connectivity index (χ2n) is 7.64. The Morgan fingerprint density at radius 3 is 1.33 bits per heavy atom. The number of amides is 2. The summed E-state index contributed by atoms with van der Waals surface area (Å²) in [5, 5.41) is 4.70. The zero-order valence-corrected chi connectivity index (χ0v) is 21.6. The van der Waals surface area contributed by atoms with Crippen LogP contribution in [0.5, 0.6) is 0 Å². The van der Waals surface area contributed by atoms with Crippen molar-refractivity contribution in [1.29, 1.82) is 0 Å². The highest BCUT2D eigenvalue weighted by atomic mass is 16.6. The van der Waals surface area contributed by atoms with Crippen molar-refractivity contribution in [2.75, 3.05) is 39.5 Å². The molecule has 2 amide bonds. The van der Waals surface area contributed by atoms with E-state index in [-0.39, 0.29) is 26.3 Å². The van der Waals surface area contributed by atoms with Gasteiger partial charge in [0.15, 0.2) is 0 Å². The highest BCUT2D eigenvalue weighted by Crippen LogP contribution is 1.96. The van der Waals surface area contributed by atoms with Crippen LogP contribution in [0, 0.1) is 23.7 Å². The van der Waals surface area contributed by atoms with Crippen molar-refractivity contribution in [1.82, 2.24) is 10.6 Å². The first-order chi connectivity index (χ1) is 17.5. The molecule has 202 valence electrons. The van der Waals surface area contributed by atoms with Crippen LogP contribution in [0.1, 0.15) is 78.1 Å². The van der Waals surface area contributed by atoms with Gasteiger partial charge in [-0.2, -0.15) is 0 Å². The molecule has 0 radical (unpaired) electrons. The summed E-state index contributed by atoms with van der Waals surface area (Å²) in [6, 6.07) is 0. The van der Waals surface area contributed by atoms with Gasteiger partial charge in [-0.25, -0.2) is 9.59 Å². The van der Waals surface area contributed by atoms with Gasteiger partial charge in [0.25, 0.3) is 0 Å². The van der Waals surface area contributed by atoms with Crippen molar-refractivity contribution in [2.45, 2.75) is 78.1 Å². The largest absolute Gasteiger partial charge is 0.464 e. The van der Waals surface area contributed by atoms with Gasteiger partial charge >= 0.3 is 24.1 Å². The van der Waals surface area contributed by atoms with Gasteiger partial charge in [0.2, 0.25) is 0 Å². The maximum Gasteiger partial charge on any atom is 0.407 e. The van der Waals surface area contributed by atoms with E-state index in [1.807, 2.05) is 13.8 Å². The van der Waals surface area contributed by atoms with Gasteiger partial charge in [0.05, 0.1) is 26.4 Å². The molecule has 10 heteroatoms. The van der Waals surface area contributed by atoms with Crippen molar-refractivity contribution >= 4 is 24.1 Å². The predicted molar refractivity (Wildman–Crippen MR) is 134 cm³/mol.